The fourth-order valence-electron chi connectivity index (χ4n) is 4.13. The Balaban J connectivity index is 1.74. The van der Waals surface area contributed by atoms with E-state index in [4.69, 9.17) is 9.73 Å². The summed E-state index contributed by atoms with van der Waals surface area (Å²) in [5, 5.41) is 0. The van der Waals surface area contributed by atoms with E-state index in [1.54, 1.807) is 37.6 Å². The van der Waals surface area contributed by atoms with Gasteiger partial charge in [-0.3, -0.25) is 4.31 Å². The van der Waals surface area contributed by atoms with E-state index in [2.05, 4.69) is 0 Å². The van der Waals surface area contributed by atoms with E-state index in [9.17, 15) is 8.42 Å². The third-order valence-corrected chi connectivity index (χ3v) is 7.63. The Kier molecular flexibility index (Phi) is 6.21. The zero-order chi connectivity index (χ0) is 24.3. The molecule has 0 fully saturated rings. The van der Waals surface area contributed by atoms with Crippen molar-refractivity contribution in [3.8, 4) is 5.75 Å². The summed E-state index contributed by atoms with van der Waals surface area (Å²) in [6.45, 7) is 0. The molecule has 4 aromatic carbocycles. The van der Waals surface area contributed by atoms with Crippen LogP contribution in [0.15, 0.2) is 131 Å². The van der Waals surface area contributed by atoms with Crippen molar-refractivity contribution in [1.82, 2.24) is 4.31 Å². The number of methoxy groups -OCH3 is 1. The zero-order valence-corrected chi connectivity index (χ0v) is 20.0. The SMILES string of the molecule is COc1ccc(S(=O)(=O)N2C=C(c3ccccc3)N=C(c3ccccc3)C2c2ccccc2)cc1. The van der Waals surface area contributed by atoms with E-state index < -0.39 is 16.1 Å². The van der Waals surface area contributed by atoms with Crippen LogP contribution in [0, 0.1) is 0 Å². The van der Waals surface area contributed by atoms with Crippen LogP contribution in [0.25, 0.3) is 5.70 Å². The molecule has 6 heteroatoms. The van der Waals surface area contributed by atoms with Crippen molar-refractivity contribution in [3.63, 3.8) is 0 Å². The second-order valence-corrected chi connectivity index (χ2v) is 9.91. The average molecular weight is 481 g/mol. The third-order valence-electron chi connectivity index (χ3n) is 5.89. The molecule has 0 amide bonds. The molecular formula is C29H24N2O3S. The zero-order valence-electron chi connectivity index (χ0n) is 19.2. The van der Waals surface area contributed by atoms with Crippen molar-refractivity contribution in [3.05, 3.63) is 138 Å². The predicted molar refractivity (Wildman–Crippen MR) is 139 cm³/mol. The summed E-state index contributed by atoms with van der Waals surface area (Å²) in [5.74, 6) is 0.592. The van der Waals surface area contributed by atoms with Crippen molar-refractivity contribution < 1.29 is 13.2 Å². The lowest BCUT2D eigenvalue weighted by molar-refractivity contribution is 0.414. The number of nitrogens with zero attached hydrogens (tertiary/aromatic N) is 2. The van der Waals surface area contributed by atoms with Gasteiger partial charge in [0, 0.05) is 11.8 Å². The standard InChI is InChI=1S/C29H24N2O3S/c1-34-25-17-19-26(20-18-25)35(32,33)31-21-27(22-11-5-2-6-12-22)30-28(23-13-7-3-8-14-23)29(31)24-15-9-4-10-16-24/h2-21,29H,1H3. The van der Waals surface area contributed by atoms with Crippen LogP contribution in [-0.4, -0.2) is 25.5 Å². The summed E-state index contributed by atoms with van der Waals surface area (Å²) >= 11 is 0. The summed E-state index contributed by atoms with van der Waals surface area (Å²) in [6, 6.07) is 34.7. The minimum atomic E-state index is -3.95. The molecule has 5 nitrogen and oxygen atoms in total. The van der Waals surface area contributed by atoms with Gasteiger partial charge in [0.2, 0.25) is 0 Å². The highest BCUT2D eigenvalue weighted by atomic mass is 32.2. The summed E-state index contributed by atoms with van der Waals surface area (Å²) in [4.78, 5) is 5.19. The van der Waals surface area contributed by atoms with E-state index in [1.807, 2.05) is 91.0 Å². The molecule has 0 aromatic heterocycles. The first-order valence-electron chi connectivity index (χ1n) is 11.2. The normalized spacial score (nSPS) is 15.8. The van der Waals surface area contributed by atoms with Crippen molar-refractivity contribution in [2.75, 3.05) is 7.11 Å². The number of hydrogen-bond donors (Lipinski definition) is 0. The number of hydrogen-bond acceptors (Lipinski definition) is 4. The van der Waals surface area contributed by atoms with Crippen LogP contribution in [0.2, 0.25) is 0 Å². The monoisotopic (exact) mass is 480 g/mol. The van der Waals surface area contributed by atoms with Gasteiger partial charge in [0.25, 0.3) is 10.0 Å². The Bertz CT molecular complexity index is 1470. The minimum Gasteiger partial charge on any atom is -0.497 e. The van der Waals surface area contributed by atoms with Crippen LogP contribution in [-0.2, 0) is 10.0 Å². The van der Waals surface area contributed by atoms with E-state index >= 15 is 0 Å². The number of benzene rings is 4. The van der Waals surface area contributed by atoms with E-state index in [0.29, 0.717) is 17.2 Å². The van der Waals surface area contributed by atoms with Gasteiger partial charge in [0.05, 0.1) is 23.4 Å². The van der Waals surface area contributed by atoms with Crippen LogP contribution >= 0.6 is 0 Å². The van der Waals surface area contributed by atoms with Gasteiger partial charge in [-0.25, -0.2) is 13.4 Å². The highest BCUT2D eigenvalue weighted by molar-refractivity contribution is 7.89. The first kappa shape index (κ1) is 22.6. The maximum Gasteiger partial charge on any atom is 0.264 e. The smallest absolute Gasteiger partial charge is 0.264 e. The van der Waals surface area contributed by atoms with Crippen LogP contribution in [0.1, 0.15) is 22.7 Å². The number of sulfonamides is 1. The maximum absolute atomic E-state index is 14.1. The van der Waals surface area contributed by atoms with E-state index in [1.165, 1.54) is 4.31 Å². The van der Waals surface area contributed by atoms with Gasteiger partial charge in [-0.05, 0) is 35.4 Å². The molecule has 174 valence electrons. The van der Waals surface area contributed by atoms with Gasteiger partial charge in [-0.2, -0.15) is 0 Å². The van der Waals surface area contributed by atoms with Crippen molar-refractivity contribution in [2.24, 2.45) is 4.99 Å². The maximum atomic E-state index is 14.1. The molecule has 1 heterocycles. The number of rotatable bonds is 6. The molecule has 0 radical (unpaired) electrons. The van der Waals surface area contributed by atoms with Crippen molar-refractivity contribution >= 4 is 21.4 Å². The Morgan fingerprint density at radius 2 is 1.26 bits per heavy atom. The van der Waals surface area contributed by atoms with E-state index in [0.717, 1.165) is 16.7 Å². The molecule has 0 aliphatic carbocycles. The lowest BCUT2D eigenvalue weighted by atomic mass is 9.95. The Labute approximate surface area is 205 Å². The predicted octanol–water partition coefficient (Wildman–Crippen LogP) is 5.93. The highest BCUT2D eigenvalue weighted by Gasteiger charge is 2.37. The van der Waals surface area contributed by atoms with E-state index in [-0.39, 0.29) is 4.90 Å². The summed E-state index contributed by atoms with van der Waals surface area (Å²) in [7, 11) is -2.39. The molecule has 4 aromatic rings. The molecule has 0 saturated carbocycles. The molecule has 0 bridgehead atoms. The summed E-state index contributed by atoms with van der Waals surface area (Å²) < 4.78 is 34.9. The molecule has 1 unspecified atom stereocenters. The lowest BCUT2D eigenvalue weighted by Crippen LogP contribution is -2.38. The van der Waals surface area contributed by atoms with Crippen LogP contribution in [0.5, 0.6) is 5.75 Å². The molecule has 0 saturated heterocycles. The topological polar surface area (TPSA) is 59.0 Å². The molecular weight excluding hydrogens is 456 g/mol. The second kappa shape index (κ2) is 9.60. The first-order chi connectivity index (χ1) is 17.1. The molecule has 1 atom stereocenters. The van der Waals surface area contributed by atoms with Crippen molar-refractivity contribution in [2.45, 2.75) is 10.9 Å². The molecule has 5 rings (SSSR count). The first-order valence-corrected chi connectivity index (χ1v) is 12.7. The minimum absolute atomic E-state index is 0.178. The van der Waals surface area contributed by atoms with Gasteiger partial charge in [0.15, 0.2) is 0 Å². The van der Waals surface area contributed by atoms with Gasteiger partial charge in [-0.15, -0.1) is 0 Å². The molecule has 0 spiro atoms. The molecule has 1 aliphatic rings. The quantitative estimate of drug-likeness (QED) is 0.344. The van der Waals surface area contributed by atoms with Crippen LogP contribution in [0.4, 0.5) is 0 Å². The average Bonchev–Trinajstić information content (AvgIpc) is 2.94. The Hall–Kier alpha value is -4.16. The third kappa shape index (κ3) is 4.48. The Morgan fingerprint density at radius 1 is 0.714 bits per heavy atom. The Morgan fingerprint density at radius 3 is 1.83 bits per heavy atom. The summed E-state index contributed by atoms with van der Waals surface area (Å²) in [5.41, 5.74) is 3.76. The largest absolute Gasteiger partial charge is 0.497 e. The second-order valence-electron chi connectivity index (χ2n) is 8.07. The van der Waals surface area contributed by atoms with Gasteiger partial charge >= 0.3 is 0 Å². The van der Waals surface area contributed by atoms with Crippen LogP contribution < -0.4 is 4.74 Å². The highest BCUT2D eigenvalue weighted by Crippen LogP contribution is 2.38. The van der Waals surface area contributed by atoms with Gasteiger partial charge < -0.3 is 4.74 Å². The van der Waals surface area contributed by atoms with Crippen molar-refractivity contribution in [1.29, 1.82) is 0 Å². The summed E-state index contributed by atoms with van der Waals surface area (Å²) in [6.07, 6.45) is 1.64. The van der Waals surface area contributed by atoms with Gasteiger partial charge in [-0.1, -0.05) is 91.0 Å². The molecule has 1 aliphatic heterocycles. The molecule has 35 heavy (non-hydrogen) atoms. The fraction of sp³-hybridized carbons (Fsp3) is 0.0690. The molecule has 0 N–H and O–H groups in total. The lowest BCUT2D eigenvalue weighted by Gasteiger charge is -2.35. The number of aliphatic imine (C=N–C) groups is 1. The van der Waals surface area contributed by atoms with Gasteiger partial charge in [0.1, 0.15) is 11.8 Å². The van der Waals surface area contributed by atoms with Crippen LogP contribution in [0.3, 0.4) is 0 Å². The number of ether oxygens (including phenoxy) is 1. The fourth-order valence-corrected chi connectivity index (χ4v) is 5.59.